The average molecular weight is 366 g/mol. The monoisotopic (exact) mass is 366 g/mol. The summed E-state index contributed by atoms with van der Waals surface area (Å²) in [6.45, 7) is 3.80. The van der Waals surface area contributed by atoms with Crippen molar-refractivity contribution in [1.82, 2.24) is 10.2 Å². The Labute approximate surface area is 154 Å². The second-order valence-corrected chi connectivity index (χ2v) is 7.63. The van der Waals surface area contributed by atoms with E-state index in [-0.39, 0.29) is 0 Å². The maximum atomic E-state index is 12.1. The zero-order chi connectivity index (χ0) is 18.1. The van der Waals surface area contributed by atoms with Crippen molar-refractivity contribution < 1.29 is 13.4 Å². The fourth-order valence-electron chi connectivity index (χ4n) is 2.89. The van der Waals surface area contributed by atoms with Gasteiger partial charge in [0.1, 0.15) is 11.3 Å². The molecule has 132 valence electrons. The molecule has 6 heteroatoms. The highest BCUT2D eigenvalue weighted by Gasteiger charge is 2.14. The van der Waals surface area contributed by atoms with Gasteiger partial charge in [-0.15, -0.1) is 10.2 Å². The van der Waals surface area contributed by atoms with Crippen molar-refractivity contribution in [3.63, 3.8) is 0 Å². The number of aryl methyl sites for hydroxylation is 1. The normalized spacial score (nSPS) is 12.6. The van der Waals surface area contributed by atoms with Crippen LogP contribution in [0.1, 0.15) is 19.2 Å². The third-order valence-corrected chi connectivity index (χ3v) is 5.74. The van der Waals surface area contributed by atoms with Gasteiger partial charge >= 0.3 is 0 Å². The molecule has 0 N–H and O–H groups in total. The highest BCUT2D eigenvalue weighted by molar-refractivity contribution is 7.91. The Morgan fingerprint density at radius 1 is 1.04 bits per heavy atom. The summed E-state index contributed by atoms with van der Waals surface area (Å²) in [5.74, 6) is 1.70. The van der Waals surface area contributed by atoms with Crippen LogP contribution in [0.15, 0.2) is 62.5 Å². The number of nitrogens with zero attached hydrogens (tertiary/aromatic N) is 2. The molecule has 0 aliphatic heterocycles. The number of fused-ring (bicyclic) bond motifs is 1. The predicted molar refractivity (Wildman–Crippen MR) is 101 cm³/mol. The first-order valence-electron chi connectivity index (χ1n) is 8.46. The van der Waals surface area contributed by atoms with Crippen LogP contribution in [0.2, 0.25) is 0 Å². The summed E-state index contributed by atoms with van der Waals surface area (Å²) in [6.07, 6.45) is 2.64. The van der Waals surface area contributed by atoms with E-state index >= 15 is 0 Å². The van der Waals surface area contributed by atoms with Crippen LogP contribution in [0.3, 0.4) is 0 Å². The summed E-state index contributed by atoms with van der Waals surface area (Å²) >= 11 is -0.943. The van der Waals surface area contributed by atoms with E-state index in [1.807, 2.05) is 49.4 Å². The molecule has 4 aromatic rings. The van der Waals surface area contributed by atoms with Crippen LogP contribution in [0, 0.1) is 6.92 Å². The highest BCUT2D eigenvalue weighted by atomic mass is 32.2. The summed E-state index contributed by atoms with van der Waals surface area (Å²) in [5, 5.41) is 8.93. The van der Waals surface area contributed by atoms with Gasteiger partial charge in [0, 0.05) is 23.4 Å². The van der Waals surface area contributed by atoms with Crippen molar-refractivity contribution in [3.8, 4) is 22.6 Å². The van der Waals surface area contributed by atoms with Crippen molar-refractivity contribution in [2.45, 2.75) is 25.2 Å². The molecule has 0 fully saturated rings. The van der Waals surface area contributed by atoms with Gasteiger partial charge in [-0.1, -0.05) is 6.92 Å². The number of furan rings is 1. The summed E-state index contributed by atoms with van der Waals surface area (Å²) in [7, 11) is 0. The fraction of sp³-hybridized carbons (Fsp3) is 0.200. The molecular formula is C20H18N2O3S. The Hall–Kier alpha value is -2.57. The standard InChI is InChI=1S/C20H18N2O3S/c1-3-10-26(23)16-7-4-14(5-8-16)18-12-24-19-9-6-15(11-17(18)19)20-22-21-13(2)25-20/h4-9,11-12H,3,10H2,1-2H3. The van der Waals surface area contributed by atoms with Crippen LogP contribution in [-0.2, 0) is 11.2 Å². The smallest absolute Gasteiger partial charge is 0.247 e. The summed E-state index contributed by atoms with van der Waals surface area (Å²) < 4.78 is 23.3. The quantitative estimate of drug-likeness (QED) is 0.466. The zero-order valence-electron chi connectivity index (χ0n) is 14.6. The lowest BCUT2D eigenvalue weighted by Crippen LogP contribution is -2.05. The van der Waals surface area contributed by atoms with E-state index in [9.17, 15) is 4.55 Å². The molecule has 0 spiro atoms. The molecule has 5 nitrogen and oxygen atoms in total. The molecule has 0 amide bonds. The van der Waals surface area contributed by atoms with Crippen LogP contribution < -0.4 is 0 Å². The number of hydrogen-bond acceptors (Lipinski definition) is 5. The van der Waals surface area contributed by atoms with Gasteiger partial charge < -0.3 is 13.4 Å². The minimum atomic E-state index is -0.943. The molecule has 26 heavy (non-hydrogen) atoms. The maximum Gasteiger partial charge on any atom is 0.247 e. The molecule has 1 atom stereocenters. The SMILES string of the molecule is CCC[S+]([O-])c1ccc(-c2coc3ccc(-c4nnc(C)o4)cc23)cc1. The Morgan fingerprint density at radius 2 is 1.81 bits per heavy atom. The van der Waals surface area contributed by atoms with Gasteiger partial charge in [0.05, 0.1) is 6.26 Å². The second-order valence-electron chi connectivity index (χ2n) is 6.06. The van der Waals surface area contributed by atoms with Gasteiger partial charge in [-0.3, -0.25) is 0 Å². The first kappa shape index (κ1) is 16.9. The highest BCUT2D eigenvalue weighted by Crippen LogP contribution is 2.34. The average Bonchev–Trinajstić information content (AvgIpc) is 3.27. The Morgan fingerprint density at radius 3 is 2.50 bits per heavy atom. The number of hydrogen-bond donors (Lipinski definition) is 0. The van der Waals surface area contributed by atoms with Crippen LogP contribution >= 0.6 is 0 Å². The minimum Gasteiger partial charge on any atom is -0.611 e. The minimum absolute atomic E-state index is 0.488. The third-order valence-electron chi connectivity index (χ3n) is 4.16. The van der Waals surface area contributed by atoms with E-state index in [0.29, 0.717) is 17.5 Å². The van der Waals surface area contributed by atoms with E-state index in [2.05, 4.69) is 10.2 Å². The third kappa shape index (κ3) is 3.13. The zero-order valence-corrected chi connectivity index (χ0v) is 15.4. The summed E-state index contributed by atoms with van der Waals surface area (Å²) in [4.78, 5) is 0.852. The van der Waals surface area contributed by atoms with Crippen molar-refractivity contribution in [2.75, 3.05) is 5.75 Å². The lowest BCUT2D eigenvalue weighted by molar-refractivity contribution is 0.533. The largest absolute Gasteiger partial charge is 0.611 e. The predicted octanol–water partition coefficient (Wildman–Crippen LogP) is 4.98. The summed E-state index contributed by atoms with van der Waals surface area (Å²) in [5.41, 5.74) is 3.63. The van der Waals surface area contributed by atoms with Crippen molar-refractivity contribution in [3.05, 3.63) is 54.6 Å². The van der Waals surface area contributed by atoms with E-state index in [1.165, 1.54) is 0 Å². The Bertz CT molecular complexity index is 1040. The van der Waals surface area contributed by atoms with Crippen molar-refractivity contribution in [2.24, 2.45) is 0 Å². The Kier molecular flexibility index (Phi) is 4.53. The number of rotatable bonds is 5. The van der Waals surface area contributed by atoms with Crippen molar-refractivity contribution >= 4 is 22.1 Å². The molecule has 2 aromatic carbocycles. The van der Waals surface area contributed by atoms with Gasteiger partial charge in [-0.2, -0.15) is 0 Å². The van der Waals surface area contributed by atoms with Gasteiger partial charge in [-0.25, -0.2) is 0 Å². The lowest BCUT2D eigenvalue weighted by Gasteiger charge is -2.09. The Balaban J connectivity index is 1.72. The number of aromatic nitrogens is 2. The molecule has 1 unspecified atom stereocenters. The van der Waals surface area contributed by atoms with Crippen LogP contribution in [0.4, 0.5) is 0 Å². The summed E-state index contributed by atoms with van der Waals surface area (Å²) in [6, 6.07) is 13.6. The van der Waals surface area contributed by atoms with E-state index in [0.717, 1.165) is 39.0 Å². The molecule has 0 aliphatic rings. The van der Waals surface area contributed by atoms with E-state index in [4.69, 9.17) is 8.83 Å². The van der Waals surface area contributed by atoms with Crippen LogP contribution in [-0.4, -0.2) is 20.5 Å². The first-order valence-corrected chi connectivity index (χ1v) is 9.78. The van der Waals surface area contributed by atoms with Gasteiger partial charge in [0.2, 0.25) is 11.8 Å². The van der Waals surface area contributed by atoms with Crippen molar-refractivity contribution in [1.29, 1.82) is 0 Å². The lowest BCUT2D eigenvalue weighted by atomic mass is 10.0. The molecule has 0 bridgehead atoms. The molecule has 2 heterocycles. The maximum absolute atomic E-state index is 12.1. The van der Waals surface area contributed by atoms with Gasteiger partial charge in [0.25, 0.3) is 0 Å². The van der Waals surface area contributed by atoms with E-state index in [1.54, 1.807) is 13.2 Å². The molecular weight excluding hydrogens is 348 g/mol. The second kappa shape index (κ2) is 6.97. The van der Waals surface area contributed by atoms with Gasteiger partial charge in [0.15, 0.2) is 4.90 Å². The van der Waals surface area contributed by atoms with Crippen LogP contribution in [0.5, 0.6) is 0 Å². The molecule has 0 aliphatic carbocycles. The van der Waals surface area contributed by atoms with E-state index < -0.39 is 11.2 Å². The topological polar surface area (TPSA) is 75.1 Å². The molecule has 2 aromatic heterocycles. The first-order chi connectivity index (χ1) is 12.7. The molecule has 4 rings (SSSR count). The van der Waals surface area contributed by atoms with Crippen LogP contribution in [0.25, 0.3) is 33.6 Å². The van der Waals surface area contributed by atoms with Gasteiger partial charge in [-0.05, 0) is 65.6 Å². The molecule has 0 saturated heterocycles. The number of benzene rings is 2. The molecule has 0 radical (unpaired) electrons. The molecule has 0 saturated carbocycles. The fourth-order valence-corrected chi connectivity index (χ4v) is 3.93.